The molecule has 2 aromatic carbocycles. The van der Waals surface area contributed by atoms with Crippen molar-refractivity contribution in [2.45, 2.75) is 19.9 Å². The highest BCUT2D eigenvalue weighted by molar-refractivity contribution is 5.99. The second-order valence-electron chi connectivity index (χ2n) is 8.21. The highest BCUT2D eigenvalue weighted by Gasteiger charge is 2.25. The van der Waals surface area contributed by atoms with Gasteiger partial charge in [-0.2, -0.15) is 5.10 Å². The first-order valence-electron chi connectivity index (χ1n) is 10.9. The number of benzene rings is 2. The smallest absolute Gasteiger partial charge is 0.255 e. The SMILES string of the molecule is CC(C)C(CNC(=O)c1cn(-c2ccccc2)nc1-c1ccccc1)N1CCOCC1. The van der Waals surface area contributed by atoms with E-state index in [1.807, 2.05) is 66.9 Å². The Morgan fingerprint density at radius 3 is 2.32 bits per heavy atom. The van der Waals surface area contributed by atoms with Gasteiger partial charge in [0.1, 0.15) is 5.69 Å². The van der Waals surface area contributed by atoms with E-state index in [0.717, 1.165) is 37.6 Å². The van der Waals surface area contributed by atoms with Gasteiger partial charge in [-0.25, -0.2) is 4.68 Å². The fourth-order valence-corrected chi connectivity index (χ4v) is 4.05. The molecule has 6 heteroatoms. The van der Waals surface area contributed by atoms with Crippen LogP contribution in [0.5, 0.6) is 0 Å². The molecule has 0 saturated carbocycles. The fraction of sp³-hybridized carbons (Fsp3) is 0.360. The number of hydrogen-bond donors (Lipinski definition) is 1. The average molecular weight is 419 g/mol. The van der Waals surface area contributed by atoms with Crippen LogP contribution in [0.15, 0.2) is 66.9 Å². The zero-order valence-corrected chi connectivity index (χ0v) is 18.2. The lowest BCUT2D eigenvalue weighted by Gasteiger charge is -2.36. The van der Waals surface area contributed by atoms with Crippen LogP contribution in [0.4, 0.5) is 0 Å². The molecular weight excluding hydrogens is 388 g/mol. The van der Waals surface area contributed by atoms with E-state index in [-0.39, 0.29) is 11.9 Å². The molecule has 1 fully saturated rings. The van der Waals surface area contributed by atoms with E-state index in [4.69, 9.17) is 9.84 Å². The molecule has 2 heterocycles. The van der Waals surface area contributed by atoms with E-state index in [1.165, 1.54) is 0 Å². The third-order valence-electron chi connectivity index (χ3n) is 5.78. The number of nitrogens with one attached hydrogen (secondary N) is 1. The predicted octanol–water partition coefficient (Wildman–Crippen LogP) is 3.63. The third-order valence-corrected chi connectivity index (χ3v) is 5.78. The summed E-state index contributed by atoms with van der Waals surface area (Å²) in [6.45, 7) is 8.31. The van der Waals surface area contributed by atoms with Crippen LogP contribution in [0, 0.1) is 5.92 Å². The Morgan fingerprint density at radius 2 is 1.68 bits per heavy atom. The van der Waals surface area contributed by atoms with Crippen molar-refractivity contribution >= 4 is 5.91 Å². The third kappa shape index (κ3) is 5.03. The molecule has 162 valence electrons. The number of morpholine rings is 1. The second-order valence-corrected chi connectivity index (χ2v) is 8.21. The summed E-state index contributed by atoms with van der Waals surface area (Å²) in [4.78, 5) is 15.7. The molecule has 1 aromatic heterocycles. The van der Waals surface area contributed by atoms with Gasteiger partial charge in [0.2, 0.25) is 0 Å². The summed E-state index contributed by atoms with van der Waals surface area (Å²) < 4.78 is 7.27. The number of carbonyl (C=O) groups is 1. The number of nitrogens with zero attached hydrogens (tertiary/aromatic N) is 3. The van der Waals surface area contributed by atoms with Crippen molar-refractivity contribution in [3.8, 4) is 16.9 Å². The van der Waals surface area contributed by atoms with Crippen LogP contribution in [0.2, 0.25) is 0 Å². The monoisotopic (exact) mass is 418 g/mol. The first-order chi connectivity index (χ1) is 15.1. The van der Waals surface area contributed by atoms with Crippen molar-refractivity contribution in [2.24, 2.45) is 5.92 Å². The number of carbonyl (C=O) groups excluding carboxylic acids is 1. The van der Waals surface area contributed by atoms with Crippen molar-refractivity contribution < 1.29 is 9.53 Å². The van der Waals surface area contributed by atoms with Gasteiger partial charge in [-0.1, -0.05) is 62.4 Å². The summed E-state index contributed by atoms with van der Waals surface area (Å²) in [6, 6.07) is 20.0. The molecule has 31 heavy (non-hydrogen) atoms. The molecule has 3 aromatic rings. The van der Waals surface area contributed by atoms with Crippen LogP contribution in [0.3, 0.4) is 0 Å². The van der Waals surface area contributed by atoms with Crippen LogP contribution in [0.25, 0.3) is 16.9 Å². The molecule has 4 rings (SSSR count). The molecule has 1 aliphatic rings. The van der Waals surface area contributed by atoms with Crippen molar-refractivity contribution in [3.05, 3.63) is 72.4 Å². The number of rotatable bonds is 7. The van der Waals surface area contributed by atoms with Crippen molar-refractivity contribution in [2.75, 3.05) is 32.8 Å². The lowest BCUT2D eigenvalue weighted by Crippen LogP contribution is -2.51. The molecule has 1 atom stereocenters. The van der Waals surface area contributed by atoms with Crippen LogP contribution >= 0.6 is 0 Å². The molecule has 0 bridgehead atoms. The van der Waals surface area contributed by atoms with Crippen molar-refractivity contribution in [1.82, 2.24) is 20.0 Å². The largest absolute Gasteiger partial charge is 0.379 e. The zero-order valence-electron chi connectivity index (χ0n) is 18.2. The molecular formula is C25H30N4O2. The lowest BCUT2D eigenvalue weighted by molar-refractivity contribution is 0.00673. The van der Waals surface area contributed by atoms with E-state index in [1.54, 1.807) is 4.68 Å². The first-order valence-corrected chi connectivity index (χ1v) is 10.9. The molecule has 1 aliphatic heterocycles. The Balaban J connectivity index is 1.58. The van der Waals surface area contributed by atoms with Gasteiger partial charge in [0.05, 0.1) is 24.5 Å². The standard InChI is InChI=1S/C25H30N4O2/c1-19(2)23(28-13-15-31-16-14-28)17-26-25(30)22-18-29(21-11-7-4-8-12-21)27-24(22)20-9-5-3-6-10-20/h3-12,18-19,23H,13-17H2,1-2H3,(H,26,30). The van der Waals surface area contributed by atoms with E-state index in [9.17, 15) is 4.79 Å². The Hall–Kier alpha value is -2.96. The maximum absolute atomic E-state index is 13.3. The number of aromatic nitrogens is 2. The summed E-state index contributed by atoms with van der Waals surface area (Å²) in [5, 5.41) is 7.93. The predicted molar refractivity (Wildman–Crippen MR) is 122 cm³/mol. The van der Waals surface area contributed by atoms with Gasteiger partial charge in [0, 0.05) is 37.4 Å². The summed E-state index contributed by atoms with van der Waals surface area (Å²) >= 11 is 0. The minimum absolute atomic E-state index is 0.0973. The quantitative estimate of drug-likeness (QED) is 0.637. The number of para-hydroxylation sites is 1. The first kappa shape index (κ1) is 21.3. The summed E-state index contributed by atoms with van der Waals surface area (Å²) in [5.41, 5.74) is 3.12. The minimum atomic E-state index is -0.0973. The lowest BCUT2D eigenvalue weighted by atomic mass is 10.0. The van der Waals surface area contributed by atoms with Crippen molar-refractivity contribution in [3.63, 3.8) is 0 Å². The second kappa shape index (κ2) is 9.90. The topological polar surface area (TPSA) is 59.4 Å². The van der Waals surface area contributed by atoms with Gasteiger partial charge < -0.3 is 10.1 Å². The molecule has 0 spiro atoms. The number of hydrogen-bond acceptors (Lipinski definition) is 4. The summed E-state index contributed by atoms with van der Waals surface area (Å²) in [5.74, 6) is 0.332. The van der Waals surface area contributed by atoms with Crippen LogP contribution in [-0.2, 0) is 4.74 Å². The van der Waals surface area contributed by atoms with Gasteiger partial charge in [-0.15, -0.1) is 0 Å². The van der Waals surface area contributed by atoms with E-state index < -0.39 is 0 Å². The Morgan fingerprint density at radius 1 is 1.03 bits per heavy atom. The van der Waals surface area contributed by atoms with E-state index in [0.29, 0.717) is 23.7 Å². The molecule has 0 radical (unpaired) electrons. The maximum atomic E-state index is 13.3. The van der Waals surface area contributed by atoms with Crippen LogP contribution in [-0.4, -0.2) is 59.5 Å². The van der Waals surface area contributed by atoms with E-state index >= 15 is 0 Å². The number of amides is 1. The molecule has 1 unspecified atom stereocenters. The Bertz CT molecular complexity index is 979. The zero-order chi connectivity index (χ0) is 21.6. The van der Waals surface area contributed by atoms with Crippen LogP contribution < -0.4 is 5.32 Å². The van der Waals surface area contributed by atoms with Gasteiger partial charge in [-0.05, 0) is 18.1 Å². The van der Waals surface area contributed by atoms with Gasteiger partial charge in [-0.3, -0.25) is 9.69 Å². The number of ether oxygens (including phenoxy) is 1. The maximum Gasteiger partial charge on any atom is 0.255 e. The van der Waals surface area contributed by atoms with Gasteiger partial charge in [0.25, 0.3) is 5.91 Å². The summed E-state index contributed by atoms with van der Waals surface area (Å²) in [6.07, 6.45) is 1.83. The average Bonchev–Trinajstić information content (AvgIpc) is 3.26. The minimum Gasteiger partial charge on any atom is -0.379 e. The normalized spacial score (nSPS) is 15.7. The highest BCUT2D eigenvalue weighted by atomic mass is 16.5. The van der Waals surface area contributed by atoms with Crippen LogP contribution in [0.1, 0.15) is 24.2 Å². The molecule has 0 aliphatic carbocycles. The molecule has 1 N–H and O–H groups in total. The molecule has 6 nitrogen and oxygen atoms in total. The Kier molecular flexibility index (Phi) is 6.79. The Labute approximate surface area is 183 Å². The molecule has 1 saturated heterocycles. The van der Waals surface area contributed by atoms with Gasteiger partial charge >= 0.3 is 0 Å². The van der Waals surface area contributed by atoms with E-state index in [2.05, 4.69) is 24.1 Å². The highest BCUT2D eigenvalue weighted by Crippen LogP contribution is 2.24. The summed E-state index contributed by atoms with van der Waals surface area (Å²) in [7, 11) is 0. The fourth-order valence-electron chi connectivity index (χ4n) is 4.05. The van der Waals surface area contributed by atoms with Gasteiger partial charge in [0.15, 0.2) is 0 Å². The van der Waals surface area contributed by atoms with Crippen molar-refractivity contribution in [1.29, 1.82) is 0 Å². The molecule has 1 amide bonds.